The minimum Gasteiger partial charge on any atom is -0.324 e. The van der Waals surface area contributed by atoms with Gasteiger partial charge in [-0.15, -0.1) is 5.10 Å². The van der Waals surface area contributed by atoms with Crippen LogP contribution >= 0.6 is 23.2 Å². The number of carbonyl (C=O) groups is 3. The number of rotatable bonds is 8. The fourth-order valence-electron chi connectivity index (χ4n) is 5.03. The molecule has 1 aliphatic rings. The average molecular weight is 639 g/mol. The molecule has 0 bridgehead atoms. The van der Waals surface area contributed by atoms with Gasteiger partial charge >= 0.3 is 6.55 Å². The largest absolute Gasteiger partial charge is 0.333 e. The number of carbonyl (C=O) groups excluding carboxylic acids is 3. The number of fused-ring (bicyclic) bond motifs is 1. The van der Waals surface area contributed by atoms with Crippen molar-refractivity contribution in [1.29, 1.82) is 0 Å². The summed E-state index contributed by atoms with van der Waals surface area (Å²) in [7, 11) is 0. The Bertz CT molecular complexity index is 1880. The lowest BCUT2D eigenvalue weighted by Crippen LogP contribution is -2.60. The lowest BCUT2D eigenvalue weighted by atomic mass is 10.0. The molecule has 15 heteroatoms. The van der Waals surface area contributed by atoms with E-state index in [2.05, 4.69) is 20.7 Å². The lowest BCUT2D eigenvalue weighted by Gasteiger charge is -2.38. The van der Waals surface area contributed by atoms with Crippen LogP contribution in [0.2, 0.25) is 10.2 Å². The standard InChI is InChI=1S/C29H22Cl2F2N8O3/c30-19-6-9-22(40-14-25(31)35-37-40)23(12-19)38-15-27(43)39(16-26(38)42)24(10-17-4-2-1-3-5-17)28(44)34-20-7-8-21-18(11-20)13-41(36-21)29(32)33/h1-9,11-14,24,29H,10,15-16H2,(H,34,44)/t24-/m1/s1. The van der Waals surface area contributed by atoms with Crippen LogP contribution in [0.15, 0.2) is 79.1 Å². The van der Waals surface area contributed by atoms with Crippen LogP contribution in [0.4, 0.5) is 20.2 Å². The van der Waals surface area contributed by atoms with Crippen LogP contribution in [0.1, 0.15) is 12.1 Å². The van der Waals surface area contributed by atoms with Gasteiger partial charge in [0.15, 0.2) is 5.15 Å². The van der Waals surface area contributed by atoms with Crippen LogP contribution in [-0.2, 0) is 20.8 Å². The highest BCUT2D eigenvalue weighted by Crippen LogP contribution is 2.30. The number of anilines is 2. The molecular formula is C29H22Cl2F2N8O3. The second kappa shape index (κ2) is 12.0. The molecule has 0 spiro atoms. The van der Waals surface area contributed by atoms with Crippen LogP contribution < -0.4 is 10.2 Å². The molecule has 1 N–H and O–H groups in total. The highest BCUT2D eigenvalue weighted by molar-refractivity contribution is 6.31. The summed E-state index contributed by atoms with van der Waals surface area (Å²) in [4.78, 5) is 43.5. The first-order chi connectivity index (χ1) is 21.2. The van der Waals surface area contributed by atoms with Gasteiger partial charge in [0.25, 0.3) is 0 Å². The third-order valence-electron chi connectivity index (χ3n) is 7.10. The number of alkyl halides is 2. The molecule has 0 saturated carbocycles. The summed E-state index contributed by atoms with van der Waals surface area (Å²) in [6.07, 6.45) is 2.75. The SMILES string of the molecule is O=C(Nc1ccc2nn(C(F)F)cc2c1)[C@@H](Cc1ccccc1)N1CC(=O)N(c2cc(Cl)ccc2-n2cc(Cl)nn2)CC1=O. The fraction of sp³-hybridized carbons (Fsp3) is 0.172. The molecule has 0 unspecified atom stereocenters. The lowest BCUT2D eigenvalue weighted by molar-refractivity contribution is -0.143. The van der Waals surface area contributed by atoms with Crippen LogP contribution in [-0.4, -0.2) is 66.5 Å². The first kappa shape index (κ1) is 29.2. The summed E-state index contributed by atoms with van der Waals surface area (Å²) in [5.41, 5.74) is 2.16. The summed E-state index contributed by atoms with van der Waals surface area (Å²) in [5, 5.41) is 15.2. The second-order valence-electron chi connectivity index (χ2n) is 9.98. The third kappa shape index (κ3) is 5.96. The Kier molecular flexibility index (Phi) is 7.97. The van der Waals surface area contributed by atoms with E-state index in [0.717, 1.165) is 5.56 Å². The van der Waals surface area contributed by atoms with Gasteiger partial charge in [0.2, 0.25) is 17.7 Å². The van der Waals surface area contributed by atoms with E-state index in [9.17, 15) is 23.2 Å². The molecule has 6 rings (SSSR count). The summed E-state index contributed by atoms with van der Waals surface area (Å²) in [6, 6.07) is 17.3. The molecule has 224 valence electrons. The zero-order chi connectivity index (χ0) is 31.0. The van der Waals surface area contributed by atoms with Gasteiger partial charge in [0, 0.05) is 28.7 Å². The monoisotopic (exact) mass is 638 g/mol. The zero-order valence-corrected chi connectivity index (χ0v) is 24.2. The van der Waals surface area contributed by atoms with Crippen LogP contribution in [0.3, 0.4) is 0 Å². The molecule has 5 aromatic rings. The Morgan fingerprint density at radius 2 is 1.73 bits per heavy atom. The minimum atomic E-state index is -2.81. The molecule has 1 atom stereocenters. The first-order valence-corrected chi connectivity index (χ1v) is 14.0. The van der Waals surface area contributed by atoms with Crippen LogP contribution in [0, 0.1) is 0 Å². The van der Waals surface area contributed by atoms with E-state index < -0.39 is 36.9 Å². The smallest absolute Gasteiger partial charge is 0.324 e. The van der Waals surface area contributed by atoms with Gasteiger partial charge in [0.1, 0.15) is 19.1 Å². The van der Waals surface area contributed by atoms with E-state index in [-0.39, 0.29) is 18.1 Å². The quantitative estimate of drug-likeness (QED) is 0.262. The Hall–Kier alpha value is -4.88. The number of nitrogens with one attached hydrogen (secondary N) is 1. The number of aromatic nitrogens is 5. The van der Waals surface area contributed by atoms with Crippen molar-refractivity contribution in [3.05, 3.63) is 94.9 Å². The van der Waals surface area contributed by atoms with Crippen molar-refractivity contribution in [2.24, 2.45) is 0 Å². The van der Waals surface area contributed by atoms with Crippen molar-refractivity contribution >= 4 is 63.2 Å². The topological polar surface area (TPSA) is 118 Å². The number of piperazine rings is 1. The summed E-state index contributed by atoms with van der Waals surface area (Å²) in [5.74, 6) is -1.48. The highest BCUT2D eigenvalue weighted by Gasteiger charge is 2.39. The number of hydrogen-bond acceptors (Lipinski definition) is 6. The molecule has 0 aliphatic carbocycles. The Morgan fingerprint density at radius 1 is 0.932 bits per heavy atom. The van der Waals surface area contributed by atoms with Crippen molar-refractivity contribution < 1.29 is 23.2 Å². The predicted octanol–water partition coefficient (Wildman–Crippen LogP) is 4.74. The molecule has 1 aliphatic heterocycles. The molecule has 3 heterocycles. The number of halogens is 4. The van der Waals surface area contributed by atoms with Crippen molar-refractivity contribution in [2.45, 2.75) is 19.0 Å². The molecule has 44 heavy (non-hydrogen) atoms. The van der Waals surface area contributed by atoms with E-state index in [1.54, 1.807) is 24.3 Å². The van der Waals surface area contributed by atoms with Crippen molar-refractivity contribution in [3.63, 3.8) is 0 Å². The average Bonchev–Trinajstić information content (AvgIpc) is 3.63. The van der Waals surface area contributed by atoms with Crippen molar-refractivity contribution in [3.8, 4) is 5.69 Å². The van der Waals surface area contributed by atoms with Gasteiger partial charge in [-0.3, -0.25) is 19.3 Å². The van der Waals surface area contributed by atoms with E-state index in [4.69, 9.17) is 23.2 Å². The van der Waals surface area contributed by atoms with Gasteiger partial charge in [-0.05, 0) is 42.0 Å². The van der Waals surface area contributed by atoms with Crippen molar-refractivity contribution in [1.82, 2.24) is 29.7 Å². The maximum absolute atomic E-state index is 13.7. The summed E-state index contributed by atoms with van der Waals surface area (Å²) < 4.78 is 28.1. The molecule has 1 fully saturated rings. The summed E-state index contributed by atoms with van der Waals surface area (Å²) >= 11 is 12.2. The number of benzene rings is 3. The number of hydrogen-bond donors (Lipinski definition) is 1. The Morgan fingerprint density at radius 3 is 2.45 bits per heavy atom. The molecule has 0 radical (unpaired) electrons. The fourth-order valence-corrected chi connectivity index (χ4v) is 5.33. The molecule has 2 aromatic heterocycles. The van der Waals surface area contributed by atoms with Gasteiger partial charge in [-0.2, -0.15) is 13.9 Å². The minimum absolute atomic E-state index is 0.122. The Labute approximate surface area is 258 Å². The van der Waals surface area contributed by atoms with E-state index in [1.807, 2.05) is 18.2 Å². The summed E-state index contributed by atoms with van der Waals surface area (Å²) in [6.45, 7) is -3.57. The Balaban J connectivity index is 1.28. The number of nitrogens with zero attached hydrogens (tertiary/aromatic N) is 7. The van der Waals surface area contributed by atoms with Gasteiger partial charge in [-0.1, -0.05) is 58.7 Å². The van der Waals surface area contributed by atoms with Crippen molar-refractivity contribution in [2.75, 3.05) is 23.3 Å². The van der Waals surface area contributed by atoms with E-state index in [0.29, 0.717) is 37.7 Å². The molecule has 1 saturated heterocycles. The molecule has 3 amide bonds. The van der Waals surface area contributed by atoms with Crippen LogP contribution in [0.5, 0.6) is 0 Å². The van der Waals surface area contributed by atoms with Gasteiger partial charge in [0.05, 0.1) is 23.1 Å². The van der Waals surface area contributed by atoms with E-state index >= 15 is 0 Å². The maximum atomic E-state index is 13.7. The van der Waals surface area contributed by atoms with Gasteiger partial charge in [-0.25, -0.2) is 9.36 Å². The molecular weight excluding hydrogens is 617 g/mol. The zero-order valence-electron chi connectivity index (χ0n) is 22.6. The normalized spacial score (nSPS) is 14.5. The first-order valence-electron chi connectivity index (χ1n) is 13.3. The third-order valence-corrected chi connectivity index (χ3v) is 7.51. The van der Waals surface area contributed by atoms with E-state index in [1.165, 1.54) is 51.1 Å². The number of amides is 3. The second-order valence-corrected chi connectivity index (χ2v) is 10.8. The highest BCUT2D eigenvalue weighted by atomic mass is 35.5. The maximum Gasteiger partial charge on any atom is 0.333 e. The molecule has 11 nitrogen and oxygen atoms in total. The van der Waals surface area contributed by atoms with Crippen LogP contribution in [0.25, 0.3) is 16.6 Å². The molecule has 3 aromatic carbocycles. The van der Waals surface area contributed by atoms with Gasteiger partial charge < -0.3 is 10.2 Å². The predicted molar refractivity (Wildman–Crippen MR) is 159 cm³/mol.